The molecule has 0 aromatic heterocycles. The number of hydrogen-bond donors (Lipinski definition) is 3. The Bertz CT molecular complexity index is 624. The van der Waals surface area contributed by atoms with Crippen LogP contribution in [0.2, 0.25) is 0 Å². The van der Waals surface area contributed by atoms with Crippen LogP contribution >= 0.6 is 8.15 Å². The predicted molar refractivity (Wildman–Crippen MR) is 130 cm³/mol. The van der Waals surface area contributed by atoms with Crippen LogP contribution in [0.5, 0.6) is 5.75 Å². The maximum atomic E-state index is 11.7. The monoisotopic (exact) mass is 435 g/mol. The van der Waals surface area contributed by atoms with Crippen LogP contribution in [-0.4, -0.2) is 31.8 Å². The second-order valence-electron chi connectivity index (χ2n) is 8.03. The van der Waals surface area contributed by atoms with E-state index in [0.29, 0.717) is 12.3 Å². The van der Waals surface area contributed by atoms with Crippen molar-refractivity contribution >= 4 is 14.1 Å². The fourth-order valence-corrected chi connectivity index (χ4v) is 5.30. The molecule has 0 fully saturated rings. The highest BCUT2D eigenvalue weighted by Crippen LogP contribution is 2.49. The Kier molecular flexibility index (Phi) is 14.2. The Labute approximate surface area is 184 Å². The lowest BCUT2D eigenvalue weighted by molar-refractivity contribution is -0.121. The molecule has 1 aliphatic rings. The van der Waals surface area contributed by atoms with E-state index in [0.717, 1.165) is 44.5 Å². The first-order valence-corrected chi connectivity index (χ1v) is 13.2. The summed E-state index contributed by atoms with van der Waals surface area (Å²) < 4.78 is 6.06. The molecule has 2 rings (SSSR count). The fraction of sp³-hybridized carbons (Fsp3) is 0.625. The summed E-state index contributed by atoms with van der Waals surface area (Å²) >= 11 is 0. The van der Waals surface area contributed by atoms with Gasteiger partial charge < -0.3 is 21.3 Å². The number of unbranched alkanes of at least 4 members (excludes halogenated alkanes) is 5. The predicted octanol–water partition coefficient (Wildman–Crippen LogP) is 5.17. The highest BCUT2D eigenvalue weighted by molar-refractivity contribution is 7.52. The second kappa shape index (κ2) is 16.2. The molecule has 30 heavy (non-hydrogen) atoms. The first-order chi connectivity index (χ1) is 14.5. The summed E-state index contributed by atoms with van der Waals surface area (Å²) in [7, 11) is -0.327. The van der Waals surface area contributed by atoms with Crippen molar-refractivity contribution in [1.82, 2.24) is 5.32 Å². The molecular weight excluding hydrogens is 393 g/mol. The summed E-state index contributed by atoms with van der Waals surface area (Å²) in [5, 5.41) is 3.04. The SMILES string of the molecule is C=CN.Cc1ccc2c(c1)C(CCCCCCNC(=O)CCCCCN)CP(C)O2. The Morgan fingerprint density at radius 1 is 1.23 bits per heavy atom. The number of rotatable bonds is 12. The van der Waals surface area contributed by atoms with E-state index in [9.17, 15) is 4.79 Å². The number of aryl methyl sites for hydroxylation is 1. The maximum absolute atomic E-state index is 11.7. The van der Waals surface area contributed by atoms with Gasteiger partial charge in [0.2, 0.25) is 5.91 Å². The lowest BCUT2D eigenvalue weighted by Crippen LogP contribution is -2.24. The quantitative estimate of drug-likeness (QED) is 0.312. The molecular formula is C24H42N3O2P. The number of hydrogen-bond acceptors (Lipinski definition) is 4. The standard InChI is InChI=1S/C22H37N2O2P.C2H5N/c1-18-12-13-21-20(16-18)19(17-27(2)26-21)10-6-3-4-9-15-24-22(25)11-7-5-8-14-23;1-2-3/h12-13,16,19H,3-11,14-15,17,23H2,1-2H3,(H,24,25);2H,1,3H2. The minimum atomic E-state index is -0.327. The van der Waals surface area contributed by atoms with Crippen molar-refractivity contribution < 1.29 is 9.32 Å². The van der Waals surface area contributed by atoms with Gasteiger partial charge in [-0.05, 0) is 69.6 Å². The van der Waals surface area contributed by atoms with E-state index in [1.807, 2.05) is 0 Å². The van der Waals surface area contributed by atoms with Crippen molar-refractivity contribution in [3.8, 4) is 5.75 Å². The molecule has 1 aromatic rings. The van der Waals surface area contributed by atoms with Gasteiger partial charge in [0.1, 0.15) is 5.75 Å². The fourth-order valence-electron chi connectivity index (χ4n) is 3.72. The molecule has 170 valence electrons. The Morgan fingerprint density at radius 3 is 2.67 bits per heavy atom. The van der Waals surface area contributed by atoms with Crippen LogP contribution in [0, 0.1) is 6.92 Å². The molecule has 0 saturated heterocycles. The number of benzene rings is 1. The van der Waals surface area contributed by atoms with Crippen LogP contribution in [-0.2, 0) is 4.79 Å². The number of nitrogens with two attached hydrogens (primary N) is 2. The third-order valence-corrected chi connectivity index (χ3v) is 6.71. The van der Waals surface area contributed by atoms with Gasteiger partial charge in [-0.3, -0.25) is 4.79 Å². The molecule has 0 bridgehead atoms. The summed E-state index contributed by atoms with van der Waals surface area (Å²) in [6.45, 7) is 9.08. The van der Waals surface area contributed by atoms with Crippen LogP contribution in [0.4, 0.5) is 0 Å². The van der Waals surface area contributed by atoms with Crippen LogP contribution in [0.1, 0.15) is 74.8 Å². The van der Waals surface area contributed by atoms with Gasteiger partial charge in [0.15, 0.2) is 0 Å². The average molecular weight is 436 g/mol. The highest BCUT2D eigenvalue weighted by atomic mass is 31.1. The van der Waals surface area contributed by atoms with Crippen molar-refractivity contribution in [2.24, 2.45) is 11.5 Å². The highest BCUT2D eigenvalue weighted by Gasteiger charge is 2.25. The number of carbonyl (C=O) groups is 1. The molecule has 0 radical (unpaired) electrons. The zero-order chi connectivity index (χ0) is 22.2. The molecule has 2 unspecified atom stereocenters. The van der Waals surface area contributed by atoms with E-state index in [1.165, 1.54) is 49.2 Å². The number of amides is 1. The smallest absolute Gasteiger partial charge is 0.219 e. The lowest BCUT2D eigenvalue weighted by atomic mass is 9.92. The van der Waals surface area contributed by atoms with Crippen molar-refractivity contribution in [2.45, 2.75) is 70.6 Å². The van der Waals surface area contributed by atoms with Gasteiger partial charge in [0, 0.05) is 19.1 Å². The van der Waals surface area contributed by atoms with Crippen LogP contribution in [0.3, 0.4) is 0 Å². The van der Waals surface area contributed by atoms with Gasteiger partial charge in [0.05, 0.1) is 8.15 Å². The number of fused-ring (bicyclic) bond motifs is 1. The lowest BCUT2D eigenvalue weighted by Gasteiger charge is -2.30. The van der Waals surface area contributed by atoms with E-state index in [2.05, 4.69) is 49.4 Å². The van der Waals surface area contributed by atoms with Crippen molar-refractivity contribution in [1.29, 1.82) is 0 Å². The Morgan fingerprint density at radius 2 is 1.93 bits per heavy atom. The van der Waals surface area contributed by atoms with Crippen molar-refractivity contribution in [2.75, 3.05) is 25.9 Å². The summed E-state index contributed by atoms with van der Waals surface area (Å²) in [4.78, 5) is 11.7. The van der Waals surface area contributed by atoms with Gasteiger partial charge in [-0.2, -0.15) is 0 Å². The van der Waals surface area contributed by atoms with Crippen LogP contribution < -0.4 is 21.3 Å². The molecule has 5 N–H and O–H groups in total. The second-order valence-corrected chi connectivity index (χ2v) is 9.83. The molecule has 2 atom stereocenters. The van der Waals surface area contributed by atoms with E-state index in [-0.39, 0.29) is 14.1 Å². The number of nitrogens with one attached hydrogen (secondary N) is 1. The van der Waals surface area contributed by atoms with Crippen LogP contribution in [0.25, 0.3) is 0 Å². The van der Waals surface area contributed by atoms with E-state index >= 15 is 0 Å². The van der Waals surface area contributed by atoms with Gasteiger partial charge in [-0.1, -0.05) is 50.0 Å². The topological polar surface area (TPSA) is 90.4 Å². The minimum absolute atomic E-state index is 0.192. The molecule has 0 saturated carbocycles. The van der Waals surface area contributed by atoms with Gasteiger partial charge in [-0.15, -0.1) is 0 Å². The average Bonchev–Trinajstić information content (AvgIpc) is 2.71. The Balaban J connectivity index is 0.00000141. The summed E-state index contributed by atoms with van der Waals surface area (Å²) in [5.41, 5.74) is 12.8. The summed E-state index contributed by atoms with van der Waals surface area (Å²) in [6, 6.07) is 6.61. The molecule has 6 heteroatoms. The molecule has 1 aromatic carbocycles. The first-order valence-electron chi connectivity index (χ1n) is 11.3. The van der Waals surface area contributed by atoms with Crippen molar-refractivity contribution in [3.63, 3.8) is 0 Å². The summed E-state index contributed by atoms with van der Waals surface area (Å²) in [5.74, 6) is 1.95. The molecule has 1 heterocycles. The van der Waals surface area contributed by atoms with E-state index < -0.39 is 0 Å². The van der Waals surface area contributed by atoms with Gasteiger partial charge in [0.25, 0.3) is 0 Å². The third kappa shape index (κ3) is 11.0. The molecule has 1 amide bonds. The van der Waals surface area contributed by atoms with Crippen LogP contribution in [0.15, 0.2) is 31.0 Å². The normalized spacial score (nSPS) is 17.2. The zero-order valence-corrected chi connectivity index (χ0v) is 19.9. The van der Waals surface area contributed by atoms with Gasteiger partial charge in [-0.25, -0.2) is 0 Å². The summed E-state index contributed by atoms with van der Waals surface area (Å²) in [6.07, 6.45) is 12.1. The van der Waals surface area contributed by atoms with E-state index in [4.69, 9.17) is 10.3 Å². The van der Waals surface area contributed by atoms with E-state index in [1.54, 1.807) is 0 Å². The molecule has 0 aliphatic carbocycles. The van der Waals surface area contributed by atoms with Crippen molar-refractivity contribution in [3.05, 3.63) is 42.1 Å². The largest absolute Gasteiger partial charge is 0.474 e. The van der Waals surface area contributed by atoms with Gasteiger partial charge >= 0.3 is 0 Å². The zero-order valence-electron chi connectivity index (χ0n) is 19.0. The number of carbonyl (C=O) groups excluding carboxylic acids is 1. The minimum Gasteiger partial charge on any atom is -0.474 e. The molecule has 5 nitrogen and oxygen atoms in total. The maximum Gasteiger partial charge on any atom is 0.219 e. The first kappa shape index (κ1) is 26.5. The third-order valence-electron chi connectivity index (χ3n) is 5.25. The Hall–Kier alpha value is -1.58. The molecule has 1 aliphatic heterocycles. The molecule has 0 spiro atoms.